The van der Waals surface area contributed by atoms with Gasteiger partial charge in [-0.15, -0.1) is 0 Å². The summed E-state index contributed by atoms with van der Waals surface area (Å²) in [6, 6.07) is 6.73. The molecule has 22 heavy (non-hydrogen) atoms. The van der Waals surface area contributed by atoms with Gasteiger partial charge in [-0.3, -0.25) is 9.48 Å². The fraction of sp³-hybridized carbons (Fsp3) is 0.267. The lowest BCUT2D eigenvalue weighted by Gasteiger charge is -2.09. The molecule has 0 radical (unpaired) electrons. The molecule has 1 aromatic carbocycles. The smallest absolute Gasteiger partial charge is 0.335 e. The third-order valence-corrected chi connectivity index (χ3v) is 3.10. The van der Waals surface area contributed by atoms with Crippen molar-refractivity contribution < 1.29 is 14.7 Å². The number of carbonyl (C=O) groups excluding carboxylic acids is 1. The SMILES string of the molecule is CN(C)C(=O)Cn1cc(NCc2cccc(C(=O)O)c2)cn1. The Labute approximate surface area is 128 Å². The van der Waals surface area contributed by atoms with Gasteiger partial charge in [-0.25, -0.2) is 4.79 Å². The third-order valence-electron chi connectivity index (χ3n) is 3.10. The van der Waals surface area contributed by atoms with E-state index in [0.717, 1.165) is 11.3 Å². The summed E-state index contributed by atoms with van der Waals surface area (Å²) in [5, 5.41) is 16.2. The molecule has 1 amide bonds. The Hall–Kier alpha value is -2.83. The summed E-state index contributed by atoms with van der Waals surface area (Å²) in [6.07, 6.45) is 3.37. The van der Waals surface area contributed by atoms with E-state index in [-0.39, 0.29) is 18.0 Å². The number of aromatic carboxylic acids is 1. The number of amides is 1. The van der Waals surface area contributed by atoms with Crippen molar-refractivity contribution in [1.82, 2.24) is 14.7 Å². The molecule has 7 nitrogen and oxygen atoms in total. The summed E-state index contributed by atoms with van der Waals surface area (Å²) in [6.45, 7) is 0.664. The minimum absolute atomic E-state index is 0.0381. The highest BCUT2D eigenvalue weighted by Crippen LogP contribution is 2.10. The lowest BCUT2D eigenvalue weighted by molar-refractivity contribution is -0.129. The largest absolute Gasteiger partial charge is 0.478 e. The van der Waals surface area contributed by atoms with Gasteiger partial charge in [0.25, 0.3) is 0 Å². The zero-order valence-electron chi connectivity index (χ0n) is 12.5. The Bertz CT molecular complexity index is 679. The molecule has 7 heteroatoms. The summed E-state index contributed by atoms with van der Waals surface area (Å²) in [4.78, 5) is 24.0. The van der Waals surface area contributed by atoms with Crippen molar-refractivity contribution in [3.8, 4) is 0 Å². The fourth-order valence-corrected chi connectivity index (χ4v) is 1.84. The van der Waals surface area contributed by atoms with E-state index in [1.807, 2.05) is 6.07 Å². The van der Waals surface area contributed by atoms with E-state index >= 15 is 0 Å². The van der Waals surface area contributed by atoms with Gasteiger partial charge < -0.3 is 15.3 Å². The first-order valence-electron chi connectivity index (χ1n) is 6.74. The van der Waals surface area contributed by atoms with Crippen LogP contribution >= 0.6 is 0 Å². The van der Waals surface area contributed by atoms with Crippen LogP contribution < -0.4 is 5.32 Å². The summed E-state index contributed by atoms with van der Waals surface area (Å²) >= 11 is 0. The third kappa shape index (κ3) is 4.08. The van der Waals surface area contributed by atoms with E-state index in [1.54, 1.807) is 49.4 Å². The van der Waals surface area contributed by atoms with Crippen LogP contribution in [0.4, 0.5) is 5.69 Å². The molecule has 0 aliphatic carbocycles. The Morgan fingerprint density at radius 3 is 2.82 bits per heavy atom. The first-order chi connectivity index (χ1) is 10.5. The van der Waals surface area contributed by atoms with Crippen LogP contribution in [0.3, 0.4) is 0 Å². The maximum atomic E-state index is 11.6. The van der Waals surface area contributed by atoms with Gasteiger partial charge in [-0.2, -0.15) is 5.10 Å². The van der Waals surface area contributed by atoms with Crippen molar-refractivity contribution in [2.24, 2.45) is 0 Å². The fourth-order valence-electron chi connectivity index (χ4n) is 1.84. The van der Waals surface area contributed by atoms with Crippen LogP contribution in [0.15, 0.2) is 36.7 Å². The zero-order chi connectivity index (χ0) is 16.1. The quantitative estimate of drug-likeness (QED) is 0.839. The first kappa shape index (κ1) is 15.6. The lowest BCUT2D eigenvalue weighted by atomic mass is 10.1. The predicted octanol–water partition coefficient (Wildman–Crippen LogP) is 1.28. The van der Waals surface area contributed by atoms with E-state index < -0.39 is 5.97 Å². The molecule has 2 rings (SSSR count). The van der Waals surface area contributed by atoms with Crippen molar-refractivity contribution in [2.45, 2.75) is 13.1 Å². The second-order valence-corrected chi connectivity index (χ2v) is 5.07. The Balaban J connectivity index is 1.95. The molecular formula is C15H18N4O3. The Morgan fingerprint density at radius 2 is 2.14 bits per heavy atom. The number of rotatable bonds is 6. The van der Waals surface area contributed by atoms with Crippen molar-refractivity contribution in [1.29, 1.82) is 0 Å². The molecule has 0 saturated carbocycles. The number of carbonyl (C=O) groups is 2. The number of benzene rings is 1. The van der Waals surface area contributed by atoms with Crippen molar-refractivity contribution >= 4 is 17.6 Å². The van der Waals surface area contributed by atoms with E-state index in [2.05, 4.69) is 10.4 Å². The molecule has 0 aliphatic rings. The van der Waals surface area contributed by atoms with Gasteiger partial charge >= 0.3 is 5.97 Å². The number of nitrogens with one attached hydrogen (secondary N) is 1. The maximum absolute atomic E-state index is 11.6. The molecule has 0 aliphatic heterocycles. The zero-order valence-corrected chi connectivity index (χ0v) is 12.5. The molecule has 2 aromatic rings. The van der Waals surface area contributed by atoms with E-state index in [0.29, 0.717) is 6.54 Å². The highest BCUT2D eigenvalue weighted by atomic mass is 16.4. The van der Waals surface area contributed by atoms with Crippen LogP contribution in [0.2, 0.25) is 0 Å². The van der Waals surface area contributed by atoms with Crippen molar-refractivity contribution in [3.05, 3.63) is 47.8 Å². The maximum Gasteiger partial charge on any atom is 0.335 e. The van der Waals surface area contributed by atoms with E-state index in [9.17, 15) is 9.59 Å². The molecule has 0 atom stereocenters. The number of carboxylic acid groups (broad SMARTS) is 1. The van der Waals surface area contributed by atoms with Gasteiger partial charge in [-0.05, 0) is 17.7 Å². The summed E-state index contributed by atoms with van der Waals surface area (Å²) in [7, 11) is 3.39. The van der Waals surface area contributed by atoms with Gasteiger partial charge in [0.05, 0.1) is 17.4 Å². The second-order valence-electron chi connectivity index (χ2n) is 5.07. The van der Waals surface area contributed by atoms with Crippen LogP contribution in [0, 0.1) is 0 Å². The van der Waals surface area contributed by atoms with Crippen molar-refractivity contribution in [3.63, 3.8) is 0 Å². The monoisotopic (exact) mass is 302 g/mol. The minimum Gasteiger partial charge on any atom is -0.478 e. The van der Waals surface area contributed by atoms with Crippen LogP contribution in [0.1, 0.15) is 15.9 Å². The molecule has 116 valence electrons. The van der Waals surface area contributed by atoms with Crippen LogP contribution in [0.5, 0.6) is 0 Å². The summed E-state index contributed by atoms with van der Waals surface area (Å²) in [5.41, 5.74) is 1.89. The highest BCUT2D eigenvalue weighted by Gasteiger charge is 2.07. The van der Waals surface area contributed by atoms with E-state index in [4.69, 9.17) is 5.11 Å². The molecule has 0 saturated heterocycles. The first-order valence-corrected chi connectivity index (χ1v) is 6.74. The van der Waals surface area contributed by atoms with Crippen molar-refractivity contribution in [2.75, 3.05) is 19.4 Å². The topological polar surface area (TPSA) is 87.5 Å². The standard InChI is InChI=1S/C15H18N4O3/c1-18(2)14(20)10-19-9-13(8-17-19)16-7-11-4-3-5-12(6-11)15(21)22/h3-6,8-9,16H,7,10H2,1-2H3,(H,21,22). The molecule has 0 fully saturated rings. The number of anilines is 1. The predicted molar refractivity (Wildman–Crippen MR) is 81.6 cm³/mol. The average molecular weight is 302 g/mol. The number of aromatic nitrogens is 2. The second kappa shape index (κ2) is 6.75. The summed E-state index contributed by atoms with van der Waals surface area (Å²) in [5.74, 6) is -0.985. The highest BCUT2D eigenvalue weighted by molar-refractivity contribution is 5.87. The van der Waals surface area contributed by atoms with Crippen LogP contribution in [-0.4, -0.2) is 45.8 Å². The minimum atomic E-state index is -0.947. The molecule has 1 aromatic heterocycles. The molecular weight excluding hydrogens is 284 g/mol. The number of hydrogen-bond donors (Lipinski definition) is 2. The Kier molecular flexibility index (Phi) is 4.77. The van der Waals surface area contributed by atoms with Gasteiger partial charge in [-0.1, -0.05) is 12.1 Å². The number of carboxylic acids is 1. The Morgan fingerprint density at radius 1 is 1.36 bits per heavy atom. The summed E-state index contributed by atoms with van der Waals surface area (Å²) < 4.78 is 1.55. The van der Waals surface area contributed by atoms with Crippen LogP contribution in [-0.2, 0) is 17.9 Å². The molecule has 0 bridgehead atoms. The molecule has 0 unspecified atom stereocenters. The average Bonchev–Trinajstić information content (AvgIpc) is 2.93. The number of likely N-dealkylation sites (N-methyl/N-ethyl adjacent to an activating group) is 1. The number of hydrogen-bond acceptors (Lipinski definition) is 4. The van der Waals surface area contributed by atoms with Gasteiger partial charge in [0, 0.05) is 26.8 Å². The molecule has 1 heterocycles. The van der Waals surface area contributed by atoms with Crippen LogP contribution in [0.25, 0.3) is 0 Å². The lowest BCUT2D eigenvalue weighted by Crippen LogP contribution is -2.26. The number of nitrogens with zero attached hydrogens (tertiary/aromatic N) is 3. The van der Waals surface area contributed by atoms with Gasteiger partial charge in [0.2, 0.25) is 5.91 Å². The van der Waals surface area contributed by atoms with E-state index in [1.165, 1.54) is 4.90 Å². The molecule has 2 N–H and O–H groups in total. The van der Waals surface area contributed by atoms with Gasteiger partial charge in [0.1, 0.15) is 6.54 Å². The normalized spacial score (nSPS) is 10.3. The van der Waals surface area contributed by atoms with Gasteiger partial charge in [0.15, 0.2) is 0 Å². The molecule has 0 spiro atoms.